The van der Waals surface area contributed by atoms with Crippen LogP contribution in [0.1, 0.15) is 145 Å². The van der Waals surface area contributed by atoms with E-state index in [1.54, 1.807) is 33.4 Å². The topological polar surface area (TPSA) is 108 Å². The molecule has 0 aliphatic rings. The third-order valence-corrected chi connectivity index (χ3v) is 8.40. The van der Waals surface area contributed by atoms with Gasteiger partial charge in [-0.25, -0.2) is 0 Å². The number of nitrogens with zero attached hydrogens (tertiary/aromatic N) is 2. The van der Waals surface area contributed by atoms with Gasteiger partial charge in [-0.1, -0.05) is 96.4 Å². The minimum absolute atomic E-state index is 0. The number of aryl methyl sites for hydroxylation is 1. The summed E-state index contributed by atoms with van der Waals surface area (Å²) in [5, 5.41) is 31.3. The van der Waals surface area contributed by atoms with Crippen molar-refractivity contribution in [2.24, 2.45) is 0 Å². The smallest absolute Gasteiger partial charge is 0.203 e. The molecule has 0 amide bonds. The summed E-state index contributed by atoms with van der Waals surface area (Å²) in [5.41, 5.74) is 3.22. The highest BCUT2D eigenvalue weighted by atomic mass is 35.5. The molecule has 0 saturated heterocycles. The highest BCUT2D eigenvalue weighted by Crippen LogP contribution is 2.41. The van der Waals surface area contributed by atoms with Gasteiger partial charge in [-0.15, -0.1) is 12.4 Å². The maximum absolute atomic E-state index is 13.9. The molecule has 0 aliphatic heterocycles. The average molecular weight is 654 g/mol. The van der Waals surface area contributed by atoms with Crippen molar-refractivity contribution in [1.82, 2.24) is 9.13 Å². The number of Topliss-reactive ketones (excluding diaryl/α,β-unsaturated/α-hetero) is 2. The molecule has 0 spiro atoms. The second-order valence-electron chi connectivity index (χ2n) is 16.6. The highest BCUT2D eigenvalue weighted by Gasteiger charge is 2.30. The van der Waals surface area contributed by atoms with E-state index in [2.05, 4.69) is 0 Å². The Kier molecular flexibility index (Phi) is 11.3. The molecule has 0 aliphatic carbocycles. The number of ketones is 2. The first-order valence-electron chi connectivity index (χ1n) is 16.0. The molecule has 0 unspecified atom stereocenters. The van der Waals surface area contributed by atoms with Crippen LogP contribution in [-0.4, -0.2) is 30.9 Å². The van der Waals surface area contributed by atoms with Crippen molar-refractivity contribution >= 4 is 24.0 Å². The number of benzene rings is 2. The van der Waals surface area contributed by atoms with E-state index in [9.17, 15) is 19.8 Å². The van der Waals surface area contributed by atoms with Gasteiger partial charge in [-0.2, -0.15) is 0 Å². The Morgan fingerprint density at radius 1 is 0.652 bits per heavy atom. The summed E-state index contributed by atoms with van der Waals surface area (Å²) in [6, 6.07) is 7.10. The van der Waals surface area contributed by atoms with Gasteiger partial charge in [0.25, 0.3) is 0 Å². The van der Waals surface area contributed by atoms with E-state index >= 15 is 0 Å². The summed E-state index contributed by atoms with van der Waals surface area (Å²) in [4.78, 5) is 27.6. The number of hydrogen-bond donors (Lipinski definition) is 3. The van der Waals surface area contributed by atoms with Gasteiger partial charge in [0.05, 0.1) is 13.1 Å². The molecule has 0 bridgehead atoms. The molecule has 0 fully saturated rings. The molecule has 3 aromatic rings. The third-order valence-electron chi connectivity index (χ3n) is 8.40. The molecular weight excluding hydrogens is 598 g/mol. The van der Waals surface area contributed by atoms with Crippen LogP contribution >= 0.6 is 12.4 Å². The highest BCUT2D eigenvalue weighted by molar-refractivity contribution is 5.97. The van der Waals surface area contributed by atoms with Crippen LogP contribution in [0.25, 0.3) is 0 Å². The Balaban J connectivity index is 0.00000736. The SMILES string of the molecule is CCCc1cn(CC(=O)c2cc(C(C)(C)C)c(O)c(C(C)(C)C)c2)c(=N)n1CC(=O)c1cc(C(C)(C)C)c(O)c(C(C)(C)C)c1.Cl. The number of phenols is 2. The normalized spacial score (nSPS) is 12.6. The molecular formula is C38H56ClN3O4. The molecule has 254 valence electrons. The minimum atomic E-state index is -0.376. The van der Waals surface area contributed by atoms with Crippen molar-refractivity contribution in [3.8, 4) is 11.5 Å². The fraction of sp³-hybridized carbons (Fsp3) is 0.553. The molecule has 0 atom stereocenters. The van der Waals surface area contributed by atoms with Gasteiger partial charge in [0, 0.05) is 45.3 Å². The summed E-state index contributed by atoms with van der Waals surface area (Å²) in [7, 11) is 0. The van der Waals surface area contributed by atoms with Crippen LogP contribution in [-0.2, 0) is 41.2 Å². The number of halogens is 1. The average Bonchev–Trinajstić information content (AvgIpc) is 3.15. The van der Waals surface area contributed by atoms with Crippen LogP contribution < -0.4 is 5.62 Å². The van der Waals surface area contributed by atoms with Crippen LogP contribution in [0.2, 0.25) is 0 Å². The van der Waals surface area contributed by atoms with Gasteiger partial charge in [-0.3, -0.25) is 15.0 Å². The maximum Gasteiger partial charge on any atom is 0.203 e. The molecule has 0 saturated carbocycles. The number of aromatic nitrogens is 2. The van der Waals surface area contributed by atoms with Crippen LogP contribution in [0, 0.1) is 5.41 Å². The largest absolute Gasteiger partial charge is 0.507 e. The van der Waals surface area contributed by atoms with Crippen molar-refractivity contribution in [2.45, 2.75) is 138 Å². The molecule has 3 N–H and O–H groups in total. The molecule has 1 aromatic heterocycles. The second kappa shape index (κ2) is 13.4. The van der Waals surface area contributed by atoms with Crippen LogP contribution in [0.3, 0.4) is 0 Å². The second-order valence-corrected chi connectivity index (χ2v) is 16.6. The van der Waals surface area contributed by atoms with E-state index in [0.717, 1.165) is 12.1 Å². The van der Waals surface area contributed by atoms with E-state index in [-0.39, 0.29) is 75.8 Å². The van der Waals surface area contributed by atoms with E-state index < -0.39 is 0 Å². The van der Waals surface area contributed by atoms with Gasteiger partial charge in [0.1, 0.15) is 11.5 Å². The predicted molar refractivity (Wildman–Crippen MR) is 189 cm³/mol. The van der Waals surface area contributed by atoms with Gasteiger partial charge < -0.3 is 19.3 Å². The molecule has 2 aromatic carbocycles. The van der Waals surface area contributed by atoms with Gasteiger partial charge in [0.15, 0.2) is 11.6 Å². The lowest BCUT2D eigenvalue weighted by Crippen LogP contribution is -2.30. The van der Waals surface area contributed by atoms with Gasteiger partial charge in [-0.05, 0) is 52.3 Å². The standard InChI is InChI=1S/C38H55N3O4.ClH/c1-14-15-25-20-40(21-30(42)23-16-26(35(2,3)4)32(44)27(17-23)36(5,6)7)34(39)41(25)22-31(43)24-18-28(37(8,9)10)33(45)29(19-24)38(11,12)13;/h16-20,39,44-45H,14-15,21-22H2,1-13H3;1H. The molecule has 0 radical (unpaired) electrons. The predicted octanol–water partition coefficient (Wildman–Crippen LogP) is 8.51. The van der Waals surface area contributed by atoms with Crippen LogP contribution in [0.5, 0.6) is 11.5 Å². The van der Waals surface area contributed by atoms with E-state index in [1.807, 2.05) is 96.2 Å². The Bertz CT molecular complexity index is 1600. The van der Waals surface area contributed by atoms with Crippen LogP contribution in [0.15, 0.2) is 30.5 Å². The number of rotatable bonds is 8. The fourth-order valence-corrected chi connectivity index (χ4v) is 5.71. The lowest BCUT2D eigenvalue weighted by atomic mass is 9.78. The van der Waals surface area contributed by atoms with Crippen molar-refractivity contribution in [2.75, 3.05) is 0 Å². The molecule has 1 heterocycles. The van der Waals surface area contributed by atoms with Crippen LogP contribution in [0.4, 0.5) is 0 Å². The molecule has 8 heteroatoms. The molecule has 3 rings (SSSR count). The van der Waals surface area contributed by atoms with Crippen molar-refractivity contribution in [1.29, 1.82) is 5.41 Å². The van der Waals surface area contributed by atoms with E-state index in [0.29, 0.717) is 39.8 Å². The number of aromatic hydroxyl groups is 2. The van der Waals surface area contributed by atoms with Gasteiger partial charge >= 0.3 is 0 Å². The summed E-state index contributed by atoms with van der Waals surface area (Å²) < 4.78 is 3.30. The van der Waals surface area contributed by atoms with Crippen molar-refractivity contribution in [3.63, 3.8) is 0 Å². The number of carbonyl (C=O) groups is 2. The summed E-state index contributed by atoms with van der Waals surface area (Å²) in [5.74, 6) is 0.109. The number of imidazole rings is 1. The van der Waals surface area contributed by atoms with Gasteiger partial charge in [0.2, 0.25) is 5.62 Å². The number of nitrogens with one attached hydrogen (secondary N) is 1. The van der Waals surface area contributed by atoms with Crippen molar-refractivity contribution in [3.05, 3.63) is 75.2 Å². The minimum Gasteiger partial charge on any atom is -0.507 e. The first-order valence-corrected chi connectivity index (χ1v) is 16.0. The molecule has 7 nitrogen and oxygen atoms in total. The monoisotopic (exact) mass is 653 g/mol. The zero-order valence-corrected chi connectivity index (χ0v) is 31.0. The van der Waals surface area contributed by atoms with E-state index in [1.165, 1.54) is 0 Å². The maximum atomic E-state index is 13.9. The first kappa shape index (κ1) is 38.9. The fourth-order valence-electron chi connectivity index (χ4n) is 5.71. The molecule has 46 heavy (non-hydrogen) atoms. The number of hydrogen-bond acceptors (Lipinski definition) is 5. The van der Waals surface area contributed by atoms with E-state index in [4.69, 9.17) is 5.41 Å². The summed E-state index contributed by atoms with van der Waals surface area (Å²) >= 11 is 0. The Morgan fingerprint density at radius 2 is 0.978 bits per heavy atom. The lowest BCUT2D eigenvalue weighted by Gasteiger charge is -2.28. The Labute approximate surface area is 282 Å². The third kappa shape index (κ3) is 8.33. The number of carbonyl (C=O) groups excluding carboxylic acids is 2. The quantitative estimate of drug-likeness (QED) is 0.212. The van der Waals surface area contributed by atoms with Crippen molar-refractivity contribution < 1.29 is 19.8 Å². The summed E-state index contributed by atoms with van der Waals surface area (Å²) in [6.45, 7) is 26.1. The Morgan fingerprint density at radius 3 is 1.28 bits per heavy atom. The Hall–Kier alpha value is -3.32. The zero-order chi connectivity index (χ0) is 34.4. The zero-order valence-electron chi connectivity index (χ0n) is 30.2. The first-order chi connectivity index (χ1) is 20.4. The lowest BCUT2D eigenvalue weighted by molar-refractivity contribution is 0.0967. The number of phenolic OH excluding ortho intramolecular Hbond substituents is 2. The summed E-state index contributed by atoms with van der Waals surface area (Å²) in [6.07, 6.45) is 3.28.